The molecule has 2 N–H and O–H groups in total. The number of anilines is 1. The Balaban J connectivity index is 2.57. The SMILES string of the molecule is CNCCCC(=O)Nc1sc(C)nc1CC(C)C. The second kappa shape index (κ2) is 7.48. The minimum atomic E-state index is 0.0823. The number of nitrogens with one attached hydrogen (secondary N) is 2. The molecule has 1 aromatic rings. The summed E-state index contributed by atoms with van der Waals surface area (Å²) in [6.07, 6.45) is 2.33. The number of carbonyl (C=O) groups is 1. The van der Waals surface area contributed by atoms with Crippen molar-refractivity contribution < 1.29 is 4.79 Å². The van der Waals surface area contributed by atoms with Crippen molar-refractivity contribution in [3.63, 3.8) is 0 Å². The van der Waals surface area contributed by atoms with Gasteiger partial charge in [-0.05, 0) is 39.3 Å². The zero-order valence-corrected chi connectivity index (χ0v) is 12.5. The summed E-state index contributed by atoms with van der Waals surface area (Å²) in [7, 11) is 1.89. The molecule has 0 spiro atoms. The monoisotopic (exact) mass is 269 g/mol. The topological polar surface area (TPSA) is 54.0 Å². The Morgan fingerprint density at radius 1 is 1.44 bits per heavy atom. The molecule has 0 fully saturated rings. The maximum atomic E-state index is 11.8. The number of nitrogens with zero attached hydrogens (tertiary/aromatic N) is 1. The van der Waals surface area contributed by atoms with Crippen LogP contribution in [0.2, 0.25) is 0 Å². The van der Waals surface area contributed by atoms with Gasteiger partial charge in [-0.3, -0.25) is 4.79 Å². The van der Waals surface area contributed by atoms with Gasteiger partial charge in [0.1, 0.15) is 5.00 Å². The standard InChI is InChI=1S/C13H23N3OS/c1-9(2)8-11-13(18-10(3)15-11)16-12(17)6-5-7-14-4/h9,14H,5-8H2,1-4H3,(H,16,17). The van der Waals surface area contributed by atoms with E-state index >= 15 is 0 Å². The predicted molar refractivity (Wildman–Crippen MR) is 77.2 cm³/mol. The molecule has 0 aliphatic heterocycles. The number of aromatic nitrogens is 1. The molecular formula is C13H23N3OS. The number of hydrogen-bond donors (Lipinski definition) is 2. The summed E-state index contributed by atoms with van der Waals surface area (Å²) in [6, 6.07) is 0. The highest BCUT2D eigenvalue weighted by Crippen LogP contribution is 2.26. The van der Waals surface area contributed by atoms with Crippen LogP contribution in [0, 0.1) is 12.8 Å². The Morgan fingerprint density at radius 3 is 2.78 bits per heavy atom. The van der Waals surface area contributed by atoms with Gasteiger partial charge >= 0.3 is 0 Å². The minimum Gasteiger partial charge on any atom is -0.320 e. The fourth-order valence-corrected chi connectivity index (χ4v) is 2.57. The van der Waals surface area contributed by atoms with Gasteiger partial charge in [-0.15, -0.1) is 11.3 Å². The lowest BCUT2D eigenvalue weighted by Crippen LogP contribution is -2.15. The van der Waals surface area contributed by atoms with E-state index in [9.17, 15) is 4.79 Å². The van der Waals surface area contributed by atoms with Crippen LogP contribution in [-0.2, 0) is 11.2 Å². The number of carbonyl (C=O) groups excluding carboxylic acids is 1. The highest BCUT2D eigenvalue weighted by molar-refractivity contribution is 7.16. The van der Waals surface area contributed by atoms with Gasteiger partial charge in [-0.1, -0.05) is 13.8 Å². The van der Waals surface area contributed by atoms with Crippen molar-refractivity contribution in [3.05, 3.63) is 10.7 Å². The molecular weight excluding hydrogens is 246 g/mol. The van der Waals surface area contributed by atoms with E-state index in [1.165, 1.54) is 0 Å². The van der Waals surface area contributed by atoms with E-state index < -0.39 is 0 Å². The first-order valence-electron chi connectivity index (χ1n) is 6.43. The summed E-state index contributed by atoms with van der Waals surface area (Å²) < 4.78 is 0. The van der Waals surface area contributed by atoms with E-state index in [1.807, 2.05) is 14.0 Å². The molecule has 4 nitrogen and oxygen atoms in total. The molecule has 0 saturated heterocycles. The molecule has 1 amide bonds. The highest BCUT2D eigenvalue weighted by atomic mass is 32.1. The zero-order valence-electron chi connectivity index (χ0n) is 11.7. The van der Waals surface area contributed by atoms with E-state index in [2.05, 4.69) is 29.5 Å². The molecule has 0 unspecified atom stereocenters. The molecule has 5 heteroatoms. The first-order valence-corrected chi connectivity index (χ1v) is 7.25. The van der Waals surface area contributed by atoms with Gasteiger partial charge in [0.05, 0.1) is 10.7 Å². The average molecular weight is 269 g/mol. The van der Waals surface area contributed by atoms with Crippen LogP contribution in [-0.4, -0.2) is 24.5 Å². The molecule has 18 heavy (non-hydrogen) atoms. The van der Waals surface area contributed by atoms with Gasteiger partial charge in [0.15, 0.2) is 0 Å². The molecule has 1 aromatic heterocycles. The molecule has 102 valence electrons. The van der Waals surface area contributed by atoms with Crippen molar-refractivity contribution in [1.29, 1.82) is 0 Å². The maximum Gasteiger partial charge on any atom is 0.225 e. The van der Waals surface area contributed by atoms with E-state index in [4.69, 9.17) is 0 Å². The summed E-state index contributed by atoms with van der Waals surface area (Å²) in [5.41, 5.74) is 1.02. The fourth-order valence-electron chi connectivity index (χ4n) is 1.71. The van der Waals surface area contributed by atoms with Crippen LogP contribution >= 0.6 is 11.3 Å². The third-order valence-corrected chi connectivity index (χ3v) is 3.42. The molecule has 0 atom stereocenters. The maximum absolute atomic E-state index is 11.8. The molecule has 0 aromatic carbocycles. The highest BCUT2D eigenvalue weighted by Gasteiger charge is 2.13. The minimum absolute atomic E-state index is 0.0823. The Kier molecular flexibility index (Phi) is 6.29. The van der Waals surface area contributed by atoms with Crippen LogP contribution in [0.15, 0.2) is 0 Å². The lowest BCUT2D eigenvalue weighted by molar-refractivity contribution is -0.116. The largest absolute Gasteiger partial charge is 0.320 e. The van der Waals surface area contributed by atoms with Gasteiger partial charge < -0.3 is 10.6 Å². The third-order valence-electron chi connectivity index (χ3n) is 2.49. The third kappa shape index (κ3) is 5.14. The summed E-state index contributed by atoms with van der Waals surface area (Å²) in [5.74, 6) is 0.630. The number of thiazole rings is 1. The van der Waals surface area contributed by atoms with Crippen LogP contribution in [0.25, 0.3) is 0 Å². The molecule has 1 rings (SSSR count). The van der Waals surface area contributed by atoms with Crippen molar-refractivity contribution in [3.8, 4) is 0 Å². The molecule has 0 aliphatic rings. The average Bonchev–Trinajstić information content (AvgIpc) is 2.58. The lowest BCUT2D eigenvalue weighted by Gasteiger charge is -2.06. The van der Waals surface area contributed by atoms with Crippen molar-refractivity contribution in [2.45, 2.75) is 40.0 Å². The van der Waals surface area contributed by atoms with Crippen LogP contribution < -0.4 is 10.6 Å². The first kappa shape index (κ1) is 15.1. The summed E-state index contributed by atoms with van der Waals surface area (Å²) in [4.78, 5) is 16.3. The first-order chi connectivity index (χ1) is 8.52. The second-order valence-corrected chi connectivity index (χ2v) is 6.07. The number of aryl methyl sites for hydroxylation is 1. The van der Waals surface area contributed by atoms with Crippen LogP contribution in [0.5, 0.6) is 0 Å². The summed E-state index contributed by atoms with van der Waals surface area (Å²) in [5, 5.41) is 7.96. The second-order valence-electron chi connectivity index (χ2n) is 4.86. The number of rotatable bonds is 7. The normalized spacial score (nSPS) is 10.9. The summed E-state index contributed by atoms with van der Waals surface area (Å²) >= 11 is 1.57. The Hall–Kier alpha value is -0.940. The quantitative estimate of drug-likeness (QED) is 0.748. The van der Waals surface area contributed by atoms with Gasteiger partial charge in [0.2, 0.25) is 5.91 Å². The van der Waals surface area contributed by atoms with Gasteiger partial charge in [-0.2, -0.15) is 0 Å². The van der Waals surface area contributed by atoms with Crippen LogP contribution in [0.1, 0.15) is 37.4 Å². The van der Waals surface area contributed by atoms with Gasteiger partial charge in [-0.25, -0.2) is 4.98 Å². The van der Waals surface area contributed by atoms with E-state index in [1.54, 1.807) is 11.3 Å². The Labute approximate surface area is 113 Å². The molecule has 0 bridgehead atoms. The number of amides is 1. The predicted octanol–water partition coefficient (Wildman–Crippen LogP) is 2.59. The summed E-state index contributed by atoms with van der Waals surface area (Å²) in [6.45, 7) is 7.17. The lowest BCUT2D eigenvalue weighted by atomic mass is 10.1. The van der Waals surface area contributed by atoms with Crippen LogP contribution in [0.4, 0.5) is 5.00 Å². The van der Waals surface area contributed by atoms with Crippen molar-refractivity contribution in [1.82, 2.24) is 10.3 Å². The molecule has 0 saturated carbocycles. The number of hydrogen-bond acceptors (Lipinski definition) is 4. The zero-order chi connectivity index (χ0) is 13.5. The fraction of sp³-hybridized carbons (Fsp3) is 0.692. The smallest absolute Gasteiger partial charge is 0.225 e. The van der Waals surface area contributed by atoms with Gasteiger partial charge in [0.25, 0.3) is 0 Å². The van der Waals surface area contributed by atoms with Crippen molar-refractivity contribution in [2.24, 2.45) is 5.92 Å². The molecule has 1 heterocycles. The van der Waals surface area contributed by atoms with Crippen molar-refractivity contribution >= 4 is 22.2 Å². The van der Waals surface area contributed by atoms with Crippen molar-refractivity contribution in [2.75, 3.05) is 18.9 Å². The molecule has 0 radical (unpaired) electrons. The van der Waals surface area contributed by atoms with Gasteiger partial charge in [0, 0.05) is 6.42 Å². The van der Waals surface area contributed by atoms with Crippen LogP contribution in [0.3, 0.4) is 0 Å². The molecule has 0 aliphatic carbocycles. The van der Waals surface area contributed by atoms with E-state index in [-0.39, 0.29) is 5.91 Å². The van der Waals surface area contributed by atoms with E-state index in [0.29, 0.717) is 12.3 Å². The Morgan fingerprint density at radius 2 is 2.17 bits per heavy atom. The van der Waals surface area contributed by atoms with E-state index in [0.717, 1.165) is 35.1 Å². The Bertz CT molecular complexity index is 388.